The third-order valence-electron chi connectivity index (χ3n) is 6.89. The molecule has 0 atom stereocenters. The molecule has 0 nitrogen and oxygen atoms in total. The summed E-state index contributed by atoms with van der Waals surface area (Å²) in [6, 6.07) is 13.7. The van der Waals surface area contributed by atoms with Gasteiger partial charge in [0.25, 0.3) is 0 Å². The standard InChI is InChI=1S/2C15H19.C2H6Si.2ClH.Zr/c2*1-9(2)13-7-6-10(3)14-8-11(4)12(5)15(13)14;1-3-2;;;/h2*6-9H,1-5H3;1-2H3;2*1H;/q2*-1;;;;+2/p-2. The third kappa shape index (κ3) is 8.17. The first kappa shape index (κ1) is 35.3. The number of fused-ring (bicyclic) bond motifs is 2. The van der Waals surface area contributed by atoms with Crippen LogP contribution >= 0.6 is 0 Å². The Morgan fingerprint density at radius 3 is 1.14 bits per heavy atom. The molecule has 0 heterocycles. The van der Waals surface area contributed by atoms with Crippen LogP contribution in [0.3, 0.4) is 0 Å². The number of aryl methyl sites for hydroxylation is 6. The smallest absolute Gasteiger partial charge is 0.0308 e. The van der Waals surface area contributed by atoms with Crippen molar-refractivity contribution >= 4 is 27.0 Å². The summed E-state index contributed by atoms with van der Waals surface area (Å²) in [5, 5.41) is 5.86. The summed E-state index contributed by atoms with van der Waals surface area (Å²) >= 11 is 1.74. The monoisotopic (exact) mass is 616 g/mol. The largest absolute Gasteiger partial charge is 1.00 e. The molecule has 0 aliphatic heterocycles. The Morgan fingerprint density at radius 2 is 0.889 bits per heavy atom. The number of rotatable bonds is 2. The van der Waals surface area contributed by atoms with Crippen LogP contribution in [0.15, 0.2) is 36.4 Å². The van der Waals surface area contributed by atoms with Gasteiger partial charge in [-0.3, -0.25) is 0 Å². The first-order valence-electron chi connectivity index (χ1n) is 12.6. The first-order chi connectivity index (χ1) is 15.8. The summed E-state index contributed by atoms with van der Waals surface area (Å²) < 4.78 is 0. The van der Waals surface area contributed by atoms with E-state index in [1.807, 2.05) is 0 Å². The van der Waals surface area contributed by atoms with E-state index in [2.05, 4.69) is 119 Å². The van der Waals surface area contributed by atoms with E-state index in [4.69, 9.17) is 0 Å². The van der Waals surface area contributed by atoms with E-state index in [1.54, 1.807) is 23.3 Å². The second-order valence-electron chi connectivity index (χ2n) is 10.7. The van der Waals surface area contributed by atoms with Gasteiger partial charge in [-0.15, -0.1) is 68.1 Å². The average Bonchev–Trinajstić information content (AvgIpc) is 3.20. The number of halogens is 2. The quantitative estimate of drug-likeness (QED) is 0.236. The van der Waals surface area contributed by atoms with E-state index < -0.39 is 0 Å². The minimum Gasteiger partial charge on any atom is -1.00 e. The maximum absolute atomic E-state index is 2.33. The normalized spacial score (nSPS) is 10.4. The zero-order valence-electron chi connectivity index (χ0n) is 24.4. The summed E-state index contributed by atoms with van der Waals surface area (Å²) in [6.07, 6.45) is 0. The molecule has 0 spiro atoms. The molecule has 0 unspecified atom stereocenters. The SMILES string of the molecule is C[Si](C)=[Zr+2].Cc1[cH-]c2c(C)ccc(C(C)C)c2c1C.Cc1[cH-]c2c(C)ccc(C(C)C)c2c1C.[Cl-].[Cl-]. The molecule has 0 saturated carbocycles. The molecular weight excluding hydrogens is 575 g/mol. The van der Waals surface area contributed by atoms with Gasteiger partial charge in [0, 0.05) is 0 Å². The molecule has 0 bridgehead atoms. The molecule has 0 radical (unpaired) electrons. The Bertz CT molecular complexity index is 1210. The van der Waals surface area contributed by atoms with Gasteiger partial charge >= 0.3 is 41.9 Å². The number of benzene rings is 2. The van der Waals surface area contributed by atoms with E-state index in [1.165, 1.54) is 66.1 Å². The Kier molecular flexibility index (Phi) is 14.8. The Balaban J connectivity index is 0.000000566. The summed E-state index contributed by atoms with van der Waals surface area (Å²) in [5.74, 6) is 1.21. The molecule has 4 rings (SSSR count). The zero-order valence-corrected chi connectivity index (χ0v) is 29.3. The van der Waals surface area contributed by atoms with Crippen molar-refractivity contribution in [2.75, 3.05) is 0 Å². The van der Waals surface area contributed by atoms with Gasteiger partial charge in [-0.05, 0) is 11.8 Å². The van der Waals surface area contributed by atoms with Gasteiger partial charge in [-0.25, -0.2) is 0 Å². The predicted molar refractivity (Wildman–Crippen MR) is 153 cm³/mol. The summed E-state index contributed by atoms with van der Waals surface area (Å²) in [6.45, 7) is 27.0. The van der Waals surface area contributed by atoms with Crippen LogP contribution in [0.25, 0.3) is 21.5 Å². The molecule has 196 valence electrons. The van der Waals surface area contributed by atoms with Crippen molar-refractivity contribution in [1.29, 1.82) is 0 Å². The molecule has 0 saturated heterocycles. The molecule has 4 aromatic rings. The summed E-state index contributed by atoms with van der Waals surface area (Å²) in [4.78, 5) is 0. The minimum absolute atomic E-state index is 0. The fourth-order valence-electron chi connectivity index (χ4n) is 4.70. The van der Waals surface area contributed by atoms with E-state index in [0.717, 1.165) is 0 Å². The molecular formula is C32H44Cl2SiZr-2. The van der Waals surface area contributed by atoms with Crippen molar-refractivity contribution in [3.8, 4) is 0 Å². The van der Waals surface area contributed by atoms with Crippen LogP contribution in [0.4, 0.5) is 0 Å². The Hall–Kier alpha value is -0.660. The van der Waals surface area contributed by atoms with Crippen LogP contribution in [-0.2, 0) is 23.3 Å². The van der Waals surface area contributed by atoms with Crippen LogP contribution in [0, 0.1) is 41.5 Å². The van der Waals surface area contributed by atoms with Gasteiger partial charge in [0.05, 0.1) is 0 Å². The predicted octanol–water partition coefficient (Wildman–Crippen LogP) is 4.01. The third-order valence-corrected chi connectivity index (χ3v) is 6.89. The van der Waals surface area contributed by atoms with E-state index in [-0.39, 0.29) is 30.2 Å². The van der Waals surface area contributed by atoms with Gasteiger partial charge in [0.15, 0.2) is 0 Å². The Morgan fingerprint density at radius 1 is 0.611 bits per heavy atom. The number of hydrogen-bond acceptors (Lipinski definition) is 0. The van der Waals surface area contributed by atoms with Crippen LogP contribution in [0.2, 0.25) is 13.1 Å². The van der Waals surface area contributed by atoms with Crippen molar-refractivity contribution in [3.63, 3.8) is 0 Å². The van der Waals surface area contributed by atoms with Crippen molar-refractivity contribution in [3.05, 3.63) is 80.9 Å². The fraction of sp³-hybridized carbons (Fsp3) is 0.438. The summed E-state index contributed by atoms with van der Waals surface area (Å²) in [7, 11) is 0. The van der Waals surface area contributed by atoms with E-state index in [0.29, 0.717) is 11.8 Å². The minimum atomic E-state index is 0. The topological polar surface area (TPSA) is 0 Å². The van der Waals surface area contributed by atoms with Crippen LogP contribution in [0.1, 0.15) is 84.0 Å². The van der Waals surface area contributed by atoms with Crippen molar-refractivity contribution < 1.29 is 48.1 Å². The molecule has 0 aliphatic carbocycles. The van der Waals surface area contributed by atoms with Crippen LogP contribution in [0.5, 0.6) is 0 Å². The van der Waals surface area contributed by atoms with Gasteiger partial charge in [0.2, 0.25) is 0 Å². The van der Waals surface area contributed by atoms with E-state index >= 15 is 0 Å². The Labute approximate surface area is 248 Å². The van der Waals surface area contributed by atoms with Crippen LogP contribution in [-0.4, -0.2) is 5.43 Å². The van der Waals surface area contributed by atoms with Gasteiger partial charge < -0.3 is 24.8 Å². The zero-order chi connectivity index (χ0) is 25.9. The van der Waals surface area contributed by atoms with E-state index in [9.17, 15) is 0 Å². The summed E-state index contributed by atoms with van der Waals surface area (Å²) in [5.41, 5.74) is 11.7. The molecule has 0 amide bonds. The van der Waals surface area contributed by atoms with Crippen LogP contribution < -0.4 is 24.8 Å². The second kappa shape index (κ2) is 15.1. The fourth-order valence-corrected chi connectivity index (χ4v) is 4.70. The first-order valence-corrected chi connectivity index (χ1v) is 18.8. The second-order valence-corrected chi connectivity index (χ2v) is 20.1. The average molecular weight is 619 g/mol. The maximum atomic E-state index is 2.33. The van der Waals surface area contributed by atoms with Crippen molar-refractivity contribution in [2.24, 2.45) is 0 Å². The number of hydrogen-bond donors (Lipinski definition) is 0. The molecule has 0 aliphatic rings. The van der Waals surface area contributed by atoms with Gasteiger partial charge in [-0.2, -0.15) is 11.1 Å². The molecule has 0 fully saturated rings. The maximum Gasteiger partial charge on any atom is -0.0308 e. The molecule has 36 heavy (non-hydrogen) atoms. The molecule has 0 N–H and O–H groups in total. The van der Waals surface area contributed by atoms with Crippen molar-refractivity contribution in [2.45, 2.75) is 94.2 Å². The van der Waals surface area contributed by atoms with Gasteiger partial charge in [0.1, 0.15) is 0 Å². The van der Waals surface area contributed by atoms with Crippen molar-refractivity contribution in [1.82, 2.24) is 0 Å². The molecule has 0 aromatic heterocycles. The van der Waals surface area contributed by atoms with Gasteiger partial charge in [-0.1, -0.05) is 92.5 Å². The molecule has 4 aromatic carbocycles. The molecule has 4 heteroatoms.